The molecular weight excluding hydrogens is 432 g/mol. The largest absolute Gasteiger partial charge is 0.481 e. The van der Waals surface area contributed by atoms with Gasteiger partial charge in [0.2, 0.25) is 5.91 Å². The summed E-state index contributed by atoms with van der Waals surface area (Å²) in [5.74, 6) is -1.97. The highest BCUT2D eigenvalue weighted by molar-refractivity contribution is 5.81. The number of carboxylic acid groups (broad SMARTS) is 1. The van der Waals surface area contributed by atoms with Gasteiger partial charge in [0.1, 0.15) is 6.61 Å². The molecule has 34 heavy (non-hydrogen) atoms. The first-order valence-corrected chi connectivity index (χ1v) is 12.0. The van der Waals surface area contributed by atoms with Crippen molar-refractivity contribution in [1.82, 2.24) is 10.6 Å². The molecule has 3 N–H and O–H groups in total. The third-order valence-electron chi connectivity index (χ3n) is 7.36. The van der Waals surface area contributed by atoms with Crippen molar-refractivity contribution in [2.75, 3.05) is 13.2 Å². The molecule has 0 saturated heterocycles. The average Bonchev–Trinajstić information content (AvgIpc) is 3.43. The van der Waals surface area contributed by atoms with Crippen LogP contribution in [0.5, 0.6) is 0 Å². The Kier molecular flexibility index (Phi) is 7.20. The molecule has 0 bridgehead atoms. The van der Waals surface area contributed by atoms with E-state index in [-0.39, 0.29) is 30.3 Å². The number of hydrogen-bond acceptors (Lipinski definition) is 4. The van der Waals surface area contributed by atoms with E-state index in [1.807, 2.05) is 24.3 Å². The van der Waals surface area contributed by atoms with Crippen LogP contribution in [0.15, 0.2) is 48.5 Å². The highest BCUT2D eigenvalue weighted by Gasteiger charge is 2.35. The van der Waals surface area contributed by atoms with E-state index in [0.717, 1.165) is 30.4 Å². The zero-order valence-corrected chi connectivity index (χ0v) is 19.6. The zero-order valence-electron chi connectivity index (χ0n) is 19.6. The molecule has 2 amide bonds. The van der Waals surface area contributed by atoms with Gasteiger partial charge in [-0.2, -0.15) is 0 Å². The number of rotatable bonds is 8. The molecule has 2 aromatic carbocycles. The molecule has 0 radical (unpaired) electrons. The van der Waals surface area contributed by atoms with Crippen LogP contribution >= 0.6 is 0 Å². The molecule has 180 valence electrons. The number of ether oxygens (including phenoxy) is 1. The van der Waals surface area contributed by atoms with Crippen molar-refractivity contribution >= 4 is 18.0 Å². The summed E-state index contributed by atoms with van der Waals surface area (Å²) in [5, 5.41) is 14.8. The highest BCUT2D eigenvalue weighted by Crippen LogP contribution is 2.44. The molecule has 2 aliphatic carbocycles. The van der Waals surface area contributed by atoms with Crippen LogP contribution in [0.4, 0.5) is 4.79 Å². The van der Waals surface area contributed by atoms with Crippen molar-refractivity contribution in [3.63, 3.8) is 0 Å². The number of hydrogen-bond donors (Lipinski definition) is 3. The summed E-state index contributed by atoms with van der Waals surface area (Å²) >= 11 is 0. The van der Waals surface area contributed by atoms with Gasteiger partial charge in [-0.05, 0) is 54.9 Å². The van der Waals surface area contributed by atoms with Crippen LogP contribution in [0, 0.1) is 17.8 Å². The molecule has 2 aromatic rings. The van der Waals surface area contributed by atoms with Gasteiger partial charge in [-0.3, -0.25) is 9.59 Å². The minimum Gasteiger partial charge on any atom is -0.481 e. The Morgan fingerprint density at radius 2 is 1.62 bits per heavy atom. The molecule has 0 heterocycles. The minimum atomic E-state index is -0.937. The maximum Gasteiger partial charge on any atom is 0.407 e. The normalized spacial score (nSPS) is 20.6. The Balaban J connectivity index is 1.30. The molecule has 4 atom stereocenters. The van der Waals surface area contributed by atoms with Crippen molar-refractivity contribution in [1.29, 1.82) is 0 Å². The topological polar surface area (TPSA) is 105 Å². The molecule has 2 unspecified atom stereocenters. The highest BCUT2D eigenvalue weighted by atomic mass is 16.5. The van der Waals surface area contributed by atoms with Gasteiger partial charge in [-0.25, -0.2) is 4.79 Å². The van der Waals surface area contributed by atoms with Crippen molar-refractivity contribution in [2.24, 2.45) is 17.8 Å². The van der Waals surface area contributed by atoms with E-state index in [4.69, 9.17) is 9.84 Å². The molecule has 4 rings (SSSR count). The predicted molar refractivity (Wildman–Crippen MR) is 128 cm³/mol. The first kappa shape index (κ1) is 23.8. The van der Waals surface area contributed by atoms with E-state index in [1.165, 1.54) is 11.1 Å². The van der Waals surface area contributed by atoms with Crippen LogP contribution in [-0.4, -0.2) is 42.3 Å². The van der Waals surface area contributed by atoms with Gasteiger partial charge in [0.15, 0.2) is 0 Å². The summed E-state index contributed by atoms with van der Waals surface area (Å²) in [6, 6.07) is 15.9. The molecular formula is C27H32N2O5. The number of benzene rings is 2. The Hall–Kier alpha value is -3.35. The van der Waals surface area contributed by atoms with Crippen molar-refractivity contribution in [2.45, 2.75) is 45.1 Å². The maximum absolute atomic E-state index is 12.7. The van der Waals surface area contributed by atoms with E-state index in [2.05, 4.69) is 34.9 Å². The third kappa shape index (κ3) is 4.93. The number of carbonyl (C=O) groups excluding carboxylic acids is 2. The van der Waals surface area contributed by atoms with Gasteiger partial charge in [0.25, 0.3) is 0 Å². The fraction of sp³-hybridized carbons (Fsp3) is 0.444. The van der Waals surface area contributed by atoms with E-state index < -0.39 is 24.0 Å². The first-order valence-electron chi connectivity index (χ1n) is 12.0. The van der Waals surface area contributed by atoms with Gasteiger partial charge in [0.05, 0.1) is 5.92 Å². The summed E-state index contributed by atoms with van der Waals surface area (Å²) in [6.45, 7) is 3.89. The van der Waals surface area contributed by atoms with Crippen molar-refractivity contribution in [3.05, 3.63) is 59.7 Å². The Bertz CT molecular complexity index is 1020. The molecule has 0 aromatic heterocycles. The average molecular weight is 465 g/mol. The maximum atomic E-state index is 12.7. The number of amides is 2. The summed E-state index contributed by atoms with van der Waals surface area (Å²) in [4.78, 5) is 36.4. The van der Waals surface area contributed by atoms with Crippen LogP contribution in [0.25, 0.3) is 11.1 Å². The van der Waals surface area contributed by atoms with Crippen LogP contribution in [0.1, 0.15) is 50.2 Å². The van der Waals surface area contributed by atoms with Gasteiger partial charge in [0, 0.05) is 24.4 Å². The summed E-state index contributed by atoms with van der Waals surface area (Å²) in [7, 11) is 0. The van der Waals surface area contributed by atoms with Crippen molar-refractivity contribution < 1.29 is 24.2 Å². The summed E-state index contributed by atoms with van der Waals surface area (Å²) in [6.07, 6.45) is 1.99. The molecule has 7 heteroatoms. The molecule has 1 fully saturated rings. The second-order valence-electron chi connectivity index (χ2n) is 9.43. The number of fused-ring (bicyclic) bond motifs is 3. The second-order valence-corrected chi connectivity index (χ2v) is 9.43. The quantitative estimate of drug-likeness (QED) is 0.544. The van der Waals surface area contributed by atoms with Crippen LogP contribution < -0.4 is 10.6 Å². The Morgan fingerprint density at radius 3 is 2.24 bits per heavy atom. The van der Waals surface area contributed by atoms with Crippen LogP contribution in [0.2, 0.25) is 0 Å². The summed E-state index contributed by atoms with van der Waals surface area (Å²) in [5.41, 5.74) is 4.68. The number of carbonyl (C=O) groups is 3. The van der Waals surface area contributed by atoms with Gasteiger partial charge in [-0.1, -0.05) is 55.0 Å². The molecule has 0 aliphatic heterocycles. The van der Waals surface area contributed by atoms with Crippen LogP contribution in [-0.2, 0) is 14.3 Å². The lowest BCUT2D eigenvalue weighted by molar-refractivity contribution is -0.142. The Morgan fingerprint density at radius 1 is 1.00 bits per heavy atom. The predicted octanol–water partition coefficient (Wildman–Crippen LogP) is 4.17. The monoisotopic (exact) mass is 464 g/mol. The number of carboxylic acids is 1. The summed E-state index contributed by atoms with van der Waals surface area (Å²) < 4.78 is 5.60. The van der Waals surface area contributed by atoms with Gasteiger partial charge in [-0.15, -0.1) is 0 Å². The zero-order chi connectivity index (χ0) is 24.2. The smallest absolute Gasteiger partial charge is 0.407 e. The standard InChI is InChI=1S/C27H32N2O5/c1-16(26(31)32)17(2)29-25(30)19-13-7-8-18(19)14-28-27(33)34-15-24-22-11-5-3-9-20(22)21-10-4-6-12-23(21)24/h3-6,9-12,16-19,24H,7-8,13-15H2,1-2H3,(H,28,33)(H,29,30)(H,31,32)/t16?,17?,18-,19-/m0/s1. The number of nitrogens with one attached hydrogen (secondary N) is 2. The van der Waals surface area contributed by atoms with Crippen LogP contribution in [0.3, 0.4) is 0 Å². The minimum absolute atomic E-state index is 0.000805. The first-order chi connectivity index (χ1) is 16.4. The molecule has 2 aliphatic rings. The fourth-order valence-corrected chi connectivity index (χ4v) is 5.16. The second kappa shape index (κ2) is 10.3. The van der Waals surface area contributed by atoms with E-state index in [0.29, 0.717) is 6.54 Å². The molecule has 7 nitrogen and oxygen atoms in total. The molecule has 0 spiro atoms. The van der Waals surface area contributed by atoms with E-state index >= 15 is 0 Å². The van der Waals surface area contributed by atoms with E-state index in [9.17, 15) is 14.4 Å². The Labute approximate surface area is 199 Å². The number of aliphatic carboxylic acids is 1. The lowest BCUT2D eigenvalue weighted by Gasteiger charge is -2.24. The lowest BCUT2D eigenvalue weighted by Crippen LogP contribution is -2.45. The lowest BCUT2D eigenvalue weighted by atomic mass is 9.94. The van der Waals surface area contributed by atoms with Gasteiger partial charge >= 0.3 is 12.1 Å². The number of alkyl carbamates (subject to hydrolysis) is 1. The van der Waals surface area contributed by atoms with E-state index in [1.54, 1.807) is 13.8 Å². The fourth-order valence-electron chi connectivity index (χ4n) is 5.16. The molecule has 1 saturated carbocycles. The van der Waals surface area contributed by atoms with Crippen molar-refractivity contribution in [3.8, 4) is 11.1 Å². The third-order valence-corrected chi connectivity index (χ3v) is 7.36. The SMILES string of the molecule is CC(NC(=O)[C@H]1CCC[C@H]1CNC(=O)OCC1c2ccccc2-c2ccccc21)C(C)C(=O)O. The van der Waals surface area contributed by atoms with Gasteiger partial charge < -0.3 is 20.5 Å².